The number of hydrogen-bond acceptors (Lipinski definition) is 1. The van der Waals surface area contributed by atoms with Crippen molar-refractivity contribution in [3.05, 3.63) is 0 Å². The van der Waals surface area contributed by atoms with Gasteiger partial charge in [0.25, 0.3) is 0 Å². The molecule has 2 heteroatoms. The molecule has 0 aliphatic carbocycles. The van der Waals surface area contributed by atoms with Crippen molar-refractivity contribution in [2.24, 2.45) is 11.8 Å². The standard InChI is InChI=1S/C18H38O.Ca.2H/c1-17(2)13-9-5-7-11-15-19-16-12-8-6-10-14-18(3)4;;;/h17-18H,5-16H2,1-4H3;;;/q;+2;2*-1. The van der Waals surface area contributed by atoms with Gasteiger partial charge in [0.2, 0.25) is 0 Å². The van der Waals surface area contributed by atoms with Crippen LogP contribution in [0.1, 0.15) is 94.8 Å². The second kappa shape index (κ2) is 18.3. The van der Waals surface area contributed by atoms with Gasteiger partial charge in [0.15, 0.2) is 0 Å². The van der Waals surface area contributed by atoms with E-state index in [1.165, 1.54) is 64.2 Å². The van der Waals surface area contributed by atoms with Gasteiger partial charge < -0.3 is 7.59 Å². The van der Waals surface area contributed by atoms with Gasteiger partial charge in [-0.3, -0.25) is 0 Å². The smallest absolute Gasteiger partial charge is 1.00 e. The van der Waals surface area contributed by atoms with Crippen molar-refractivity contribution in [2.75, 3.05) is 13.2 Å². The topological polar surface area (TPSA) is 9.23 Å². The second-order valence-electron chi connectivity index (χ2n) is 6.81. The molecule has 0 aliphatic rings. The summed E-state index contributed by atoms with van der Waals surface area (Å²) in [6.45, 7) is 11.2. The second-order valence-corrected chi connectivity index (χ2v) is 6.81. The zero-order chi connectivity index (χ0) is 14.3. The quantitative estimate of drug-likeness (QED) is 0.280. The van der Waals surface area contributed by atoms with Crippen molar-refractivity contribution >= 4 is 37.7 Å². The first kappa shape index (κ1) is 23.5. The predicted octanol–water partition coefficient (Wildman–Crippen LogP) is 6.06. The first-order valence-electron chi connectivity index (χ1n) is 8.70. The van der Waals surface area contributed by atoms with E-state index in [1.807, 2.05) is 0 Å². The summed E-state index contributed by atoms with van der Waals surface area (Å²) in [5, 5.41) is 0. The number of ether oxygens (including phenoxy) is 1. The molecule has 1 nitrogen and oxygen atoms in total. The van der Waals surface area contributed by atoms with Crippen LogP contribution >= 0.6 is 0 Å². The Hall–Kier alpha value is 1.22. The van der Waals surface area contributed by atoms with Gasteiger partial charge in [-0.05, 0) is 24.7 Å². The van der Waals surface area contributed by atoms with Gasteiger partial charge in [-0.2, -0.15) is 0 Å². The monoisotopic (exact) mass is 312 g/mol. The molecule has 0 aliphatic heterocycles. The first-order valence-corrected chi connectivity index (χ1v) is 8.70. The van der Waals surface area contributed by atoms with Gasteiger partial charge in [-0.25, -0.2) is 0 Å². The minimum atomic E-state index is 0. The molecule has 0 N–H and O–H groups in total. The summed E-state index contributed by atoms with van der Waals surface area (Å²) in [4.78, 5) is 0. The number of rotatable bonds is 14. The largest absolute Gasteiger partial charge is 2.00 e. The SMILES string of the molecule is CC(C)CCCCCCOCCCCCCC(C)C.[Ca+2].[H-].[H-]. The molecule has 0 saturated carbocycles. The zero-order valence-electron chi connectivity index (χ0n) is 16.8. The molecule has 0 heterocycles. The third-order valence-corrected chi connectivity index (χ3v) is 3.64. The maximum atomic E-state index is 5.69. The summed E-state index contributed by atoms with van der Waals surface area (Å²) in [5.74, 6) is 1.74. The Labute approximate surface area is 161 Å². The van der Waals surface area contributed by atoms with Crippen molar-refractivity contribution in [3.63, 3.8) is 0 Å². The zero-order valence-corrected chi connectivity index (χ0v) is 17.0. The van der Waals surface area contributed by atoms with Gasteiger partial charge in [-0.1, -0.05) is 79.1 Å². The van der Waals surface area contributed by atoms with Crippen LogP contribution in [0.2, 0.25) is 0 Å². The molecule has 0 unspecified atom stereocenters. The molecule has 0 aromatic heterocycles. The van der Waals surface area contributed by atoms with Crippen molar-refractivity contribution in [3.8, 4) is 0 Å². The Morgan fingerprint density at radius 2 is 0.950 bits per heavy atom. The molecule has 0 bridgehead atoms. The van der Waals surface area contributed by atoms with E-state index in [0.717, 1.165) is 25.0 Å². The van der Waals surface area contributed by atoms with Gasteiger partial charge in [0.1, 0.15) is 0 Å². The summed E-state index contributed by atoms with van der Waals surface area (Å²) in [7, 11) is 0. The minimum absolute atomic E-state index is 0. The Bertz CT molecular complexity index is 160. The third kappa shape index (κ3) is 21.5. The summed E-state index contributed by atoms with van der Waals surface area (Å²) < 4.78 is 5.69. The molecule has 120 valence electrons. The summed E-state index contributed by atoms with van der Waals surface area (Å²) in [5.41, 5.74) is 0. The van der Waals surface area contributed by atoms with E-state index in [1.54, 1.807) is 0 Å². The molecule has 0 aromatic rings. The molecular formula is C18H40CaO. The van der Waals surface area contributed by atoms with Gasteiger partial charge >= 0.3 is 37.7 Å². The Kier molecular flexibility index (Phi) is 21.5. The molecule has 0 radical (unpaired) electrons. The van der Waals surface area contributed by atoms with Crippen LogP contribution < -0.4 is 0 Å². The predicted molar refractivity (Wildman–Crippen MR) is 94.6 cm³/mol. The number of hydrogen-bond donors (Lipinski definition) is 0. The maximum Gasteiger partial charge on any atom is 2.00 e. The van der Waals surface area contributed by atoms with E-state index in [-0.39, 0.29) is 40.6 Å². The van der Waals surface area contributed by atoms with Gasteiger partial charge in [0, 0.05) is 13.2 Å². The van der Waals surface area contributed by atoms with E-state index in [9.17, 15) is 0 Å². The van der Waals surface area contributed by atoms with E-state index in [0.29, 0.717) is 0 Å². The fourth-order valence-corrected chi connectivity index (χ4v) is 2.32. The summed E-state index contributed by atoms with van der Waals surface area (Å²) >= 11 is 0. The van der Waals surface area contributed by atoms with Crippen molar-refractivity contribution in [2.45, 2.75) is 91.9 Å². The average Bonchev–Trinajstić information content (AvgIpc) is 2.34. The summed E-state index contributed by atoms with van der Waals surface area (Å²) in [6, 6.07) is 0. The van der Waals surface area contributed by atoms with Crippen molar-refractivity contribution < 1.29 is 7.59 Å². The molecule has 0 atom stereocenters. The van der Waals surface area contributed by atoms with Crippen molar-refractivity contribution in [1.82, 2.24) is 0 Å². The van der Waals surface area contributed by atoms with Crippen LogP contribution in [0.3, 0.4) is 0 Å². The molecule has 0 amide bonds. The van der Waals surface area contributed by atoms with E-state index < -0.39 is 0 Å². The molecule has 0 aromatic carbocycles. The fraction of sp³-hybridized carbons (Fsp3) is 1.00. The van der Waals surface area contributed by atoms with Gasteiger partial charge in [0.05, 0.1) is 0 Å². The fourth-order valence-electron chi connectivity index (χ4n) is 2.32. The van der Waals surface area contributed by atoms with Crippen LogP contribution in [0.25, 0.3) is 0 Å². The van der Waals surface area contributed by atoms with Crippen LogP contribution in [0.5, 0.6) is 0 Å². The van der Waals surface area contributed by atoms with Crippen LogP contribution in [0, 0.1) is 11.8 Å². The molecule has 0 rings (SSSR count). The average molecular weight is 313 g/mol. The Morgan fingerprint density at radius 3 is 1.30 bits per heavy atom. The summed E-state index contributed by atoms with van der Waals surface area (Å²) in [6.07, 6.45) is 13.5. The van der Waals surface area contributed by atoms with E-state index in [4.69, 9.17) is 4.74 Å². The Balaban J connectivity index is -0.000000540. The van der Waals surface area contributed by atoms with Gasteiger partial charge in [-0.15, -0.1) is 0 Å². The molecule has 0 saturated heterocycles. The van der Waals surface area contributed by atoms with Crippen LogP contribution in [-0.4, -0.2) is 51.0 Å². The van der Waals surface area contributed by atoms with Crippen LogP contribution in [0.4, 0.5) is 0 Å². The van der Waals surface area contributed by atoms with E-state index in [2.05, 4.69) is 27.7 Å². The van der Waals surface area contributed by atoms with Crippen LogP contribution in [-0.2, 0) is 4.74 Å². The molecular weight excluding hydrogens is 272 g/mol. The van der Waals surface area contributed by atoms with E-state index >= 15 is 0 Å². The molecule has 0 fully saturated rings. The van der Waals surface area contributed by atoms with Crippen LogP contribution in [0.15, 0.2) is 0 Å². The minimum Gasteiger partial charge on any atom is -1.00 e. The third-order valence-electron chi connectivity index (χ3n) is 3.64. The number of unbranched alkanes of at least 4 members (excludes halogenated alkanes) is 6. The Morgan fingerprint density at radius 1 is 0.600 bits per heavy atom. The maximum absolute atomic E-state index is 5.69. The van der Waals surface area contributed by atoms with Crippen molar-refractivity contribution in [1.29, 1.82) is 0 Å². The molecule has 0 spiro atoms. The normalized spacial score (nSPS) is 11.1. The molecule has 20 heavy (non-hydrogen) atoms. The first-order chi connectivity index (χ1) is 9.13.